The van der Waals surface area contributed by atoms with Crippen LogP contribution in [0.15, 0.2) is 36.9 Å². The van der Waals surface area contributed by atoms with Crippen molar-refractivity contribution in [1.29, 1.82) is 0 Å². The number of rotatable bonds is 6. The Bertz CT molecular complexity index is 809. The zero-order valence-corrected chi connectivity index (χ0v) is 16.7. The van der Waals surface area contributed by atoms with E-state index in [1.807, 2.05) is 24.5 Å². The second-order valence-electron chi connectivity index (χ2n) is 7.66. The Kier molecular flexibility index (Phi) is 6.69. The Morgan fingerprint density at radius 1 is 1.17 bits per heavy atom. The van der Waals surface area contributed by atoms with Gasteiger partial charge in [0, 0.05) is 49.8 Å². The largest absolute Gasteiger partial charge is 0.491 e. The molecule has 0 bridgehead atoms. The highest BCUT2D eigenvalue weighted by atomic mass is 16.5. The smallest absolute Gasteiger partial charge is 0.234 e. The Labute approximate surface area is 171 Å². The number of benzene rings is 1. The van der Waals surface area contributed by atoms with Gasteiger partial charge in [0.25, 0.3) is 0 Å². The van der Waals surface area contributed by atoms with Crippen LogP contribution in [0.4, 0.5) is 0 Å². The molecule has 2 aliphatic rings. The molecule has 1 aromatic carbocycles. The highest BCUT2D eigenvalue weighted by molar-refractivity contribution is 5.78. The molecule has 7 heteroatoms. The van der Waals surface area contributed by atoms with Crippen molar-refractivity contribution in [2.75, 3.05) is 32.8 Å². The average Bonchev–Trinajstić information content (AvgIpc) is 2.98. The molecule has 1 atom stereocenters. The summed E-state index contributed by atoms with van der Waals surface area (Å²) >= 11 is 0. The van der Waals surface area contributed by atoms with Crippen LogP contribution in [-0.2, 0) is 16.1 Å². The number of aromatic nitrogens is 2. The van der Waals surface area contributed by atoms with E-state index >= 15 is 0 Å². The zero-order chi connectivity index (χ0) is 19.9. The van der Waals surface area contributed by atoms with E-state index in [1.54, 1.807) is 0 Å². The van der Waals surface area contributed by atoms with Crippen LogP contribution in [0.2, 0.25) is 0 Å². The van der Waals surface area contributed by atoms with Crippen molar-refractivity contribution in [2.45, 2.75) is 38.3 Å². The number of carbonyl (C=O) groups is 1. The first-order valence-corrected chi connectivity index (χ1v) is 10.4. The van der Waals surface area contributed by atoms with Gasteiger partial charge < -0.3 is 14.8 Å². The van der Waals surface area contributed by atoms with Crippen LogP contribution < -0.4 is 10.1 Å². The van der Waals surface area contributed by atoms with Crippen molar-refractivity contribution in [2.24, 2.45) is 0 Å². The van der Waals surface area contributed by atoms with Crippen molar-refractivity contribution in [3.05, 3.63) is 42.5 Å². The fourth-order valence-electron chi connectivity index (χ4n) is 3.84. The van der Waals surface area contributed by atoms with E-state index in [2.05, 4.69) is 26.3 Å². The summed E-state index contributed by atoms with van der Waals surface area (Å²) in [4.78, 5) is 22.4. The number of ether oxygens (including phenoxy) is 2. The first-order chi connectivity index (χ1) is 14.3. The van der Waals surface area contributed by atoms with Crippen LogP contribution in [0.5, 0.6) is 5.75 Å². The third kappa shape index (κ3) is 5.52. The number of hydrogen-bond donors (Lipinski definition) is 1. The maximum absolute atomic E-state index is 12.0. The summed E-state index contributed by atoms with van der Waals surface area (Å²) in [6.07, 6.45) is 9.61. The maximum atomic E-state index is 12.0. The SMILES string of the molecule is O=C1CN(Cc2cc(-c3cncnc3)ccc2OCC2CCCCO2)CCCN1. The molecule has 2 saturated heterocycles. The topological polar surface area (TPSA) is 76.6 Å². The van der Waals surface area contributed by atoms with E-state index in [0.29, 0.717) is 19.7 Å². The summed E-state index contributed by atoms with van der Waals surface area (Å²) in [5.74, 6) is 0.928. The maximum Gasteiger partial charge on any atom is 0.234 e. The molecule has 4 rings (SSSR count). The van der Waals surface area contributed by atoms with Crippen LogP contribution in [0.3, 0.4) is 0 Å². The van der Waals surface area contributed by atoms with Crippen LogP contribution in [0.25, 0.3) is 11.1 Å². The summed E-state index contributed by atoms with van der Waals surface area (Å²) < 4.78 is 12.0. The first kappa shape index (κ1) is 19.8. The van der Waals surface area contributed by atoms with Gasteiger partial charge in [0.1, 0.15) is 18.7 Å². The van der Waals surface area contributed by atoms with Crippen LogP contribution >= 0.6 is 0 Å². The molecule has 0 saturated carbocycles. The zero-order valence-electron chi connectivity index (χ0n) is 16.7. The van der Waals surface area contributed by atoms with Gasteiger partial charge in [0.2, 0.25) is 5.91 Å². The monoisotopic (exact) mass is 396 g/mol. The molecule has 2 fully saturated rings. The summed E-state index contributed by atoms with van der Waals surface area (Å²) in [6, 6.07) is 6.17. The minimum Gasteiger partial charge on any atom is -0.491 e. The van der Waals surface area contributed by atoms with E-state index in [-0.39, 0.29) is 12.0 Å². The fraction of sp³-hybridized carbons (Fsp3) is 0.500. The Morgan fingerprint density at radius 2 is 2.07 bits per heavy atom. The summed E-state index contributed by atoms with van der Waals surface area (Å²) in [7, 11) is 0. The Balaban J connectivity index is 1.54. The van der Waals surface area contributed by atoms with Crippen LogP contribution in [-0.4, -0.2) is 59.7 Å². The van der Waals surface area contributed by atoms with Crippen LogP contribution in [0, 0.1) is 0 Å². The molecule has 0 aliphatic carbocycles. The Morgan fingerprint density at radius 3 is 2.90 bits per heavy atom. The molecule has 2 aromatic rings. The van der Waals surface area contributed by atoms with Crippen molar-refractivity contribution < 1.29 is 14.3 Å². The Hall–Kier alpha value is -2.51. The van der Waals surface area contributed by atoms with Gasteiger partial charge >= 0.3 is 0 Å². The lowest BCUT2D eigenvalue weighted by atomic mass is 10.0. The van der Waals surface area contributed by atoms with Crippen molar-refractivity contribution in [1.82, 2.24) is 20.2 Å². The molecule has 3 heterocycles. The predicted molar refractivity (Wildman–Crippen MR) is 109 cm³/mol. The molecular formula is C22H28N4O3. The molecule has 1 N–H and O–H groups in total. The minimum absolute atomic E-state index is 0.0770. The second-order valence-corrected chi connectivity index (χ2v) is 7.66. The molecule has 154 valence electrons. The van der Waals surface area contributed by atoms with Crippen molar-refractivity contribution in [3.63, 3.8) is 0 Å². The van der Waals surface area contributed by atoms with Gasteiger partial charge in [-0.3, -0.25) is 9.69 Å². The molecule has 1 aromatic heterocycles. The number of hydrogen-bond acceptors (Lipinski definition) is 6. The standard InChI is InChI=1S/C22H28N4O3/c27-22-14-26(8-3-7-25-22)13-18-10-17(19-11-23-16-24-12-19)5-6-21(18)29-15-20-4-1-2-9-28-20/h5-6,10-12,16,20H,1-4,7-9,13-15H2,(H,25,27). The van der Waals surface area contributed by atoms with E-state index in [4.69, 9.17) is 9.47 Å². The molecule has 0 radical (unpaired) electrons. The highest BCUT2D eigenvalue weighted by Gasteiger charge is 2.19. The van der Waals surface area contributed by atoms with Crippen LogP contribution in [0.1, 0.15) is 31.2 Å². The minimum atomic E-state index is 0.0770. The highest BCUT2D eigenvalue weighted by Crippen LogP contribution is 2.28. The lowest BCUT2D eigenvalue weighted by molar-refractivity contribution is -0.121. The molecule has 0 spiro atoms. The molecule has 29 heavy (non-hydrogen) atoms. The fourth-order valence-corrected chi connectivity index (χ4v) is 3.84. The van der Waals surface area contributed by atoms with Gasteiger partial charge in [-0.25, -0.2) is 9.97 Å². The molecule has 2 aliphatic heterocycles. The quantitative estimate of drug-likeness (QED) is 0.808. The molecule has 1 amide bonds. The number of amides is 1. The number of carbonyl (C=O) groups excluding carboxylic acids is 1. The summed E-state index contributed by atoms with van der Waals surface area (Å²) in [5, 5.41) is 2.94. The van der Waals surface area contributed by atoms with Crippen molar-refractivity contribution >= 4 is 5.91 Å². The molecule has 7 nitrogen and oxygen atoms in total. The second kappa shape index (κ2) is 9.80. The number of nitrogens with one attached hydrogen (secondary N) is 1. The van der Waals surface area contributed by atoms with Crippen molar-refractivity contribution in [3.8, 4) is 16.9 Å². The van der Waals surface area contributed by atoms with E-state index in [1.165, 1.54) is 12.7 Å². The van der Waals surface area contributed by atoms with Gasteiger partial charge in [-0.05, 0) is 43.4 Å². The molecular weight excluding hydrogens is 368 g/mol. The van der Waals surface area contributed by atoms with Gasteiger partial charge in [0.15, 0.2) is 0 Å². The normalized spacial score (nSPS) is 20.7. The predicted octanol–water partition coefficient (Wildman–Crippen LogP) is 2.41. The first-order valence-electron chi connectivity index (χ1n) is 10.4. The molecule has 1 unspecified atom stereocenters. The van der Waals surface area contributed by atoms with Gasteiger partial charge in [0.05, 0.1) is 12.6 Å². The third-order valence-electron chi connectivity index (χ3n) is 5.39. The lowest BCUT2D eigenvalue weighted by Crippen LogP contribution is -2.33. The lowest BCUT2D eigenvalue weighted by Gasteiger charge is -2.25. The number of nitrogens with zero attached hydrogens (tertiary/aromatic N) is 3. The van der Waals surface area contributed by atoms with Gasteiger partial charge in [-0.15, -0.1) is 0 Å². The van der Waals surface area contributed by atoms with E-state index in [0.717, 1.165) is 61.4 Å². The van der Waals surface area contributed by atoms with Gasteiger partial charge in [-0.1, -0.05) is 6.07 Å². The third-order valence-corrected chi connectivity index (χ3v) is 5.39. The van der Waals surface area contributed by atoms with E-state index in [9.17, 15) is 4.79 Å². The average molecular weight is 396 g/mol. The summed E-state index contributed by atoms with van der Waals surface area (Å²) in [6.45, 7) is 4.05. The summed E-state index contributed by atoms with van der Waals surface area (Å²) in [5.41, 5.74) is 3.07. The van der Waals surface area contributed by atoms with E-state index < -0.39 is 0 Å². The van der Waals surface area contributed by atoms with Gasteiger partial charge in [-0.2, -0.15) is 0 Å².